The van der Waals surface area contributed by atoms with E-state index in [9.17, 15) is 34.8 Å². The van der Waals surface area contributed by atoms with E-state index < -0.39 is 52.9 Å². The Morgan fingerprint density at radius 3 is 2.14 bits per heavy atom. The van der Waals surface area contributed by atoms with Crippen molar-refractivity contribution in [2.24, 2.45) is 5.92 Å². The fourth-order valence-corrected chi connectivity index (χ4v) is 7.13. The number of carbonyl (C=O) groups excluding carboxylic acids is 1. The molecule has 1 fully saturated rings. The molecule has 0 saturated carbocycles. The standard InChI is InChI=1S/C24H28F3NO6S2/c1-23(2,36(32,33)19-7-5-6-17(14-19)24(25,26)27)16-10-12-28(13-11-16)22(29)20-9-8-18(34-3)15-21(20)35(4,30)31/h5-9,14-16H,10-13H2,1-4H3. The Morgan fingerprint density at radius 1 is 1.00 bits per heavy atom. The number of amides is 1. The second kappa shape index (κ2) is 9.70. The molecule has 0 atom stereocenters. The fraction of sp³-hybridized carbons (Fsp3) is 0.458. The van der Waals surface area contributed by atoms with Crippen molar-refractivity contribution in [3.05, 3.63) is 53.6 Å². The number of alkyl halides is 3. The van der Waals surface area contributed by atoms with Crippen molar-refractivity contribution in [3.8, 4) is 5.75 Å². The molecule has 2 aromatic rings. The van der Waals surface area contributed by atoms with Crippen LogP contribution >= 0.6 is 0 Å². The molecule has 0 spiro atoms. The first kappa shape index (κ1) is 28.0. The molecule has 1 amide bonds. The number of piperidine rings is 1. The zero-order valence-electron chi connectivity index (χ0n) is 20.3. The zero-order chi connectivity index (χ0) is 27.1. The van der Waals surface area contributed by atoms with Gasteiger partial charge in [-0.1, -0.05) is 6.07 Å². The van der Waals surface area contributed by atoms with Crippen LogP contribution in [0.2, 0.25) is 0 Å². The monoisotopic (exact) mass is 547 g/mol. The predicted molar refractivity (Wildman–Crippen MR) is 127 cm³/mol. The molecule has 2 aromatic carbocycles. The second-order valence-electron chi connectivity index (χ2n) is 9.33. The van der Waals surface area contributed by atoms with Crippen LogP contribution in [0.1, 0.15) is 42.6 Å². The van der Waals surface area contributed by atoms with Crippen molar-refractivity contribution in [2.45, 2.75) is 47.4 Å². The third-order valence-corrected chi connectivity index (χ3v) is 10.5. The van der Waals surface area contributed by atoms with Gasteiger partial charge in [-0.3, -0.25) is 4.79 Å². The van der Waals surface area contributed by atoms with Gasteiger partial charge in [0.2, 0.25) is 0 Å². The molecular weight excluding hydrogens is 519 g/mol. The zero-order valence-corrected chi connectivity index (χ0v) is 21.9. The molecule has 1 saturated heterocycles. The maximum atomic E-state index is 13.4. The van der Waals surface area contributed by atoms with Crippen molar-refractivity contribution in [1.82, 2.24) is 4.90 Å². The van der Waals surface area contributed by atoms with Crippen molar-refractivity contribution in [2.75, 3.05) is 26.5 Å². The molecule has 0 bridgehead atoms. The van der Waals surface area contributed by atoms with Gasteiger partial charge in [0.15, 0.2) is 19.7 Å². The Labute approximate surface area is 209 Å². The van der Waals surface area contributed by atoms with Crippen LogP contribution in [0.5, 0.6) is 5.75 Å². The van der Waals surface area contributed by atoms with Crippen LogP contribution < -0.4 is 4.74 Å². The molecule has 12 heteroatoms. The van der Waals surface area contributed by atoms with Gasteiger partial charge in [0.1, 0.15) is 5.75 Å². The van der Waals surface area contributed by atoms with E-state index in [0.717, 1.165) is 24.5 Å². The van der Waals surface area contributed by atoms with Gasteiger partial charge in [-0.15, -0.1) is 0 Å². The molecule has 0 aliphatic carbocycles. The Morgan fingerprint density at radius 2 is 1.61 bits per heavy atom. The second-order valence-corrected chi connectivity index (χ2v) is 13.8. The van der Waals surface area contributed by atoms with E-state index in [1.807, 2.05) is 0 Å². The fourth-order valence-electron chi connectivity index (χ4n) is 4.42. The predicted octanol–water partition coefficient (Wildman–Crippen LogP) is 4.22. The maximum absolute atomic E-state index is 13.4. The molecule has 198 valence electrons. The van der Waals surface area contributed by atoms with E-state index in [-0.39, 0.29) is 42.1 Å². The molecule has 3 rings (SSSR count). The summed E-state index contributed by atoms with van der Waals surface area (Å²) in [6.07, 6.45) is -3.12. The minimum absolute atomic E-state index is 0.00685. The first-order chi connectivity index (χ1) is 16.5. The number of carbonyl (C=O) groups is 1. The Kier molecular flexibility index (Phi) is 7.54. The molecule has 0 unspecified atom stereocenters. The third-order valence-electron chi connectivity index (χ3n) is 6.75. The summed E-state index contributed by atoms with van der Waals surface area (Å²) in [6.45, 7) is 3.30. The van der Waals surface area contributed by atoms with Crippen molar-refractivity contribution >= 4 is 25.6 Å². The Hall–Kier alpha value is -2.60. The highest BCUT2D eigenvalue weighted by atomic mass is 32.2. The third kappa shape index (κ3) is 5.39. The number of likely N-dealkylation sites (tertiary alicyclic amines) is 1. The van der Waals surface area contributed by atoms with Gasteiger partial charge in [0, 0.05) is 19.3 Å². The molecule has 0 N–H and O–H groups in total. The van der Waals surface area contributed by atoms with Crippen LogP contribution in [0.15, 0.2) is 52.3 Å². The van der Waals surface area contributed by atoms with Crippen molar-refractivity contribution < 1.29 is 39.5 Å². The lowest BCUT2D eigenvalue weighted by Crippen LogP contribution is -2.47. The smallest absolute Gasteiger partial charge is 0.416 e. The van der Waals surface area contributed by atoms with E-state index in [1.54, 1.807) is 0 Å². The molecule has 1 aliphatic rings. The number of hydrogen-bond acceptors (Lipinski definition) is 6. The minimum atomic E-state index is -4.67. The van der Waals surface area contributed by atoms with E-state index in [2.05, 4.69) is 0 Å². The van der Waals surface area contributed by atoms with Gasteiger partial charge in [0.05, 0.1) is 32.8 Å². The average molecular weight is 548 g/mol. The molecule has 0 radical (unpaired) electrons. The molecule has 0 aromatic heterocycles. The first-order valence-corrected chi connectivity index (χ1v) is 14.5. The molecule has 1 aliphatic heterocycles. The minimum Gasteiger partial charge on any atom is -0.497 e. The summed E-state index contributed by atoms with van der Waals surface area (Å²) >= 11 is 0. The number of benzene rings is 2. The number of nitrogens with zero attached hydrogens (tertiary/aromatic N) is 1. The van der Waals surface area contributed by atoms with Crippen molar-refractivity contribution in [3.63, 3.8) is 0 Å². The highest BCUT2D eigenvalue weighted by Crippen LogP contribution is 2.40. The van der Waals surface area contributed by atoms with E-state index >= 15 is 0 Å². The number of halogens is 3. The number of ether oxygens (including phenoxy) is 1. The topological polar surface area (TPSA) is 97.8 Å². The maximum Gasteiger partial charge on any atom is 0.416 e. The summed E-state index contributed by atoms with van der Waals surface area (Å²) in [5.74, 6) is -0.659. The van der Waals surface area contributed by atoms with Crippen molar-refractivity contribution in [1.29, 1.82) is 0 Å². The van der Waals surface area contributed by atoms with Crippen LogP contribution in [0.3, 0.4) is 0 Å². The molecule has 7 nitrogen and oxygen atoms in total. The first-order valence-electron chi connectivity index (χ1n) is 11.1. The van der Waals surface area contributed by atoms with E-state index in [0.29, 0.717) is 6.07 Å². The van der Waals surface area contributed by atoms with Gasteiger partial charge in [-0.25, -0.2) is 16.8 Å². The van der Waals surface area contributed by atoms with Crippen LogP contribution in [-0.2, 0) is 25.9 Å². The Balaban J connectivity index is 1.82. The van der Waals surface area contributed by atoms with Crippen LogP contribution in [0, 0.1) is 5.92 Å². The molecule has 36 heavy (non-hydrogen) atoms. The van der Waals surface area contributed by atoms with Crippen LogP contribution in [0.25, 0.3) is 0 Å². The highest BCUT2D eigenvalue weighted by molar-refractivity contribution is 7.92. The summed E-state index contributed by atoms with van der Waals surface area (Å²) in [5, 5.41) is 0. The summed E-state index contributed by atoms with van der Waals surface area (Å²) in [7, 11) is -6.50. The van der Waals surface area contributed by atoms with Gasteiger partial charge in [-0.2, -0.15) is 13.2 Å². The normalized spacial score (nSPS) is 16.1. The lowest BCUT2D eigenvalue weighted by Gasteiger charge is -2.40. The van der Waals surface area contributed by atoms with Crippen LogP contribution in [-0.4, -0.2) is 58.8 Å². The van der Waals surface area contributed by atoms with Gasteiger partial charge in [0.25, 0.3) is 5.91 Å². The van der Waals surface area contributed by atoms with Gasteiger partial charge in [-0.05, 0) is 69.0 Å². The van der Waals surface area contributed by atoms with E-state index in [1.165, 1.54) is 44.1 Å². The average Bonchev–Trinajstić information content (AvgIpc) is 2.82. The summed E-state index contributed by atoms with van der Waals surface area (Å²) < 4.78 is 94.3. The molecular formula is C24H28F3NO6S2. The Bertz CT molecular complexity index is 1360. The largest absolute Gasteiger partial charge is 0.497 e. The van der Waals surface area contributed by atoms with Gasteiger partial charge >= 0.3 is 6.18 Å². The van der Waals surface area contributed by atoms with Gasteiger partial charge < -0.3 is 9.64 Å². The highest BCUT2D eigenvalue weighted by Gasteiger charge is 2.45. The summed E-state index contributed by atoms with van der Waals surface area (Å²) in [6, 6.07) is 7.83. The lowest BCUT2D eigenvalue weighted by molar-refractivity contribution is -0.137. The number of methoxy groups -OCH3 is 1. The quantitative estimate of drug-likeness (QED) is 0.537. The van der Waals surface area contributed by atoms with Crippen LogP contribution in [0.4, 0.5) is 13.2 Å². The van der Waals surface area contributed by atoms with E-state index in [4.69, 9.17) is 4.74 Å². The lowest BCUT2D eigenvalue weighted by atomic mass is 9.85. The summed E-state index contributed by atoms with van der Waals surface area (Å²) in [5.41, 5.74) is -1.05. The number of rotatable bonds is 6. The summed E-state index contributed by atoms with van der Waals surface area (Å²) in [4.78, 5) is 14.1. The molecule has 1 heterocycles. The number of hydrogen-bond donors (Lipinski definition) is 0. The number of sulfone groups is 2. The SMILES string of the molecule is COc1ccc(C(=O)N2CCC(C(C)(C)S(=O)(=O)c3cccc(C(F)(F)F)c3)CC2)c(S(C)(=O)=O)c1.